The van der Waals surface area contributed by atoms with Crippen molar-refractivity contribution in [3.05, 3.63) is 0 Å². The van der Waals surface area contributed by atoms with Gasteiger partial charge in [0.2, 0.25) is 23.6 Å². The van der Waals surface area contributed by atoms with Crippen LogP contribution in [-0.2, 0) is 19.2 Å². The van der Waals surface area contributed by atoms with E-state index in [4.69, 9.17) is 0 Å². The van der Waals surface area contributed by atoms with E-state index in [0.29, 0.717) is 48.9 Å². The van der Waals surface area contributed by atoms with Crippen LogP contribution in [0, 0.1) is 0 Å². The van der Waals surface area contributed by atoms with Crippen LogP contribution in [0.5, 0.6) is 0 Å². The molecule has 30 heavy (non-hydrogen) atoms. The van der Waals surface area contributed by atoms with E-state index < -0.39 is 11.8 Å². The quantitative estimate of drug-likeness (QED) is 0.157. The number of carbonyl (C=O) groups is 4. The van der Waals surface area contributed by atoms with Gasteiger partial charge < -0.3 is 10.6 Å². The van der Waals surface area contributed by atoms with Crippen molar-refractivity contribution in [3.63, 3.8) is 0 Å². The largest absolute Gasteiger partial charge is 0.356 e. The summed E-state index contributed by atoms with van der Waals surface area (Å²) in [6.07, 6.45) is 5.80. The Labute approximate surface area is 178 Å². The standard InChI is InChI=1S/C20H38N4O6/c1-3-18(26)21-13-7-4-5-9-16-24(30)20(28)12-11-19(27)22-14-8-6-10-15-23(29)17(2)25/h29-30H,3-16H2,1-2H3,(H,21,26)(H,22,27). The van der Waals surface area contributed by atoms with Crippen molar-refractivity contribution in [2.45, 2.75) is 78.1 Å². The van der Waals surface area contributed by atoms with E-state index >= 15 is 0 Å². The highest BCUT2D eigenvalue weighted by molar-refractivity contribution is 5.83. The molecule has 10 heteroatoms. The summed E-state index contributed by atoms with van der Waals surface area (Å²) in [5.41, 5.74) is 0. The third kappa shape index (κ3) is 15.7. The molecule has 4 N–H and O–H groups in total. The van der Waals surface area contributed by atoms with Gasteiger partial charge in [-0.3, -0.25) is 29.6 Å². The molecule has 0 atom stereocenters. The number of hydrogen-bond acceptors (Lipinski definition) is 6. The molecule has 10 nitrogen and oxygen atoms in total. The van der Waals surface area contributed by atoms with E-state index in [9.17, 15) is 29.6 Å². The molecule has 0 saturated heterocycles. The summed E-state index contributed by atoms with van der Waals surface area (Å²) in [5, 5.41) is 25.8. The first-order valence-electron chi connectivity index (χ1n) is 10.8. The van der Waals surface area contributed by atoms with Gasteiger partial charge in [0.25, 0.3) is 0 Å². The minimum Gasteiger partial charge on any atom is -0.356 e. The zero-order valence-electron chi connectivity index (χ0n) is 18.3. The molecule has 0 heterocycles. The number of unbranched alkanes of at least 4 members (excludes halogenated alkanes) is 5. The van der Waals surface area contributed by atoms with E-state index in [0.717, 1.165) is 25.7 Å². The topological polar surface area (TPSA) is 139 Å². The Morgan fingerprint density at radius 2 is 1.20 bits per heavy atom. The molecule has 0 fully saturated rings. The van der Waals surface area contributed by atoms with E-state index in [-0.39, 0.29) is 37.7 Å². The Bertz CT molecular complexity index is 529. The number of rotatable bonds is 17. The first kappa shape index (κ1) is 27.8. The second-order valence-corrected chi connectivity index (χ2v) is 7.19. The van der Waals surface area contributed by atoms with E-state index in [2.05, 4.69) is 10.6 Å². The average molecular weight is 431 g/mol. The number of hydroxylamine groups is 4. The maximum atomic E-state index is 11.8. The van der Waals surface area contributed by atoms with Crippen molar-refractivity contribution in [3.8, 4) is 0 Å². The van der Waals surface area contributed by atoms with Gasteiger partial charge in [-0.2, -0.15) is 0 Å². The lowest BCUT2D eigenvalue weighted by molar-refractivity contribution is -0.166. The average Bonchev–Trinajstić information content (AvgIpc) is 2.72. The van der Waals surface area contributed by atoms with Crippen LogP contribution in [0.25, 0.3) is 0 Å². The predicted octanol–water partition coefficient (Wildman–Crippen LogP) is 1.60. The maximum Gasteiger partial charge on any atom is 0.246 e. The fourth-order valence-corrected chi connectivity index (χ4v) is 2.60. The van der Waals surface area contributed by atoms with Gasteiger partial charge in [0.05, 0.1) is 0 Å². The minimum absolute atomic E-state index is 0.0156. The lowest BCUT2D eigenvalue weighted by atomic mass is 10.2. The smallest absolute Gasteiger partial charge is 0.246 e. The van der Waals surface area contributed by atoms with Crippen LogP contribution in [0.1, 0.15) is 78.1 Å². The minimum atomic E-state index is -0.479. The lowest BCUT2D eigenvalue weighted by Crippen LogP contribution is -2.31. The SMILES string of the molecule is CCC(=O)NCCCCCCN(O)C(=O)CCC(=O)NCCCCCN(O)C(C)=O. The molecule has 0 aromatic carbocycles. The summed E-state index contributed by atoms with van der Waals surface area (Å²) in [6, 6.07) is 0. The fraction of sp³-hybridized carbons (Fsp3) is 0.800. The highest BCUT2D eigenvalue weighted by atomic mass is 16.5. The zero-order chi connectivity index (χ0) is 22.8. The molecule has 174 valence electrons. The number of amides is 4. The first-order valence-corrected chi connectivity index (χ1v) is 10.8. The van der Waals surface area contributed by atoms with Crippen LogP contribution in [0.4, 0.5) is 0 Å². The molecule has 0 spiro atoms. The molecule has 0 aliphatic carbocycles. The van der Waals surface area contributed by atoms with Crippen molar-refractivity contribution < 1.29 is 29.6 Å². The summed E-state index contributed by atoms with van der Waals surface area (Å²) in [4.78, 5) is 45.5. The van der Waals surface area contributed by atoms with Crippen molar-refractivity contribution in [2.75, 3.05) is 26.2 Å². The van der Waals surface area contributed by atoms with E-state index in [1.807, 2.05) is 0 Å². The fourth-order valence-electron chi connectivity index (χ4n) is 2.60. The summed E-state index contributed by atoms with van der Waals surface area (Å²) in [5.74, 6) is -1.09. The number of nitrogens with zero attached hydrogens (tertiary/aromatic N) is 2. The molecular formula is C20H38N4O6. The summed E-state index contributed by atoms with van der Waals surface area (Å²) in [7, 11) is 0. The van der Waals surface area contributed by atoms with Crippen molar-refractivity contribution in [2.24, 2.45) is 0 Å². The van der Waals surface area contributed by atoms with Crippen molar-refractivity contribution >= 4 is 23.6 Å². The zero-order valence-corrected chi connectivity index (χ0v) is 18.3. The second kappa shape index (κ2) is 17.6. The van der Waals surface area contributed by atoms with Crippen LogP contribution in [0.2, 0.25) is 0 Å². The van der Waals surface area contributed by atoms with Gasteiger partial charge in [-0.05, 0) is 32.1 Å². The van der Waals surface area contributed by atoms with Crippen molar-refractivity contribution in [1.82, 2.24) is 20.8 Å². The number of carbonyl (C=O) groups excluding carboxylic acids is 4. The number of hydrogen-bond donors (Lipinski definition) is 4. The third-order valence-electron chi connectivity index (χ3n) is 4.53. The highest BCUT2D eigenvalue weighted by Gasteiger charge is 2.12. The predicted molar refractivity (Wildman–Crippen MR) is 111 cm³/mol. The molecule has 4 amide bonds. The summed E-state index contributed by atoms with van der Waals surface area (Å²) < 4.78 is 0. The van der Waals surface area contributed by atoms with Gasteiger partial charge >= 0.3 is 0 Å². The Balaban J connectivity index is 3.63. The first-order chi connectivity index (χ1) is 14.3. The van der Waals surface area contributed by atoms with Gasteiger partial charge in [-0.1, -0.05) is 19.8 Å². The molecular weight excluding hydrogens is 392 g/mol. The molecule has 0 aliphatic heterocycles. The Kier molecular flexibility index (Phi) is 16.3. The molecule has 0 unspecified atom stereocenters. The summed E-state index contributed by atoms with van der Waals surface area (Å²) in [6.45, 7) is 4.68. The molecule has 0 rings (SSSR count). The summed E-state index contributed by atoms with van der Waals surface area (Å²) >= 11 is 0. The Morgan fingerprint density at radius 3 is 1.77 bits per heavy atom. The normalized spacial score (nSPS) is 10.4. The molecule has 0 bridgehead atoms. The lowest BCUT2D eigenvalue weighted by Gasteiger charge is -2.15. The van der Waals surface area contributed by atoms with Crippen LogP contribution >= 0.6 is 0 Å². The van der Waals surface area contributed by atoms with Gasteiger partial charge in [-0.25, -0.2) is 10.1 Å². The van der Waals surface area contributed by atoms with Crippen LogP contribution in [0.15, 0.2) is 0 Å². The molecule has 0 aromatic rings. The maximum absolute atomic E-state index is 11.8. The van der Waals surface area contributed by atoms with Crippen LogP contribution in [-0.4, -0.2) is 70.3 Å². The second-order valence-electron chi connectivity index (χ2n) is 7.19. The van der Waals surface area contributed by atoms with E-state index in [1.165, 1.54) is 6.92 Å². The monoisotopic (exact) mass is 430 g/mol. The molecule has 0 aliphatic rings. The van der Waals surface area contributed by atoms with Crippen LogP contribution < -0.4 is 10.6 Å². The third-order valence-corrected chi connectivity index (χ3v) is 4.53. The molecule has 0 radical (unpaired) electrons. The Morgan fingerprint density at radius 1 is 0.700 bits per heavy atom. The highest BCUT2D eigenvalue weighted by Crippen LogP contribution is 2.03. The van der Waals surface area contributed by atoms with Gasteiger partial charge in [0.1, 0.15) is 0 Å². The van der Waals surface area contributed by atoms with Gasteiger partial charge in [0.15, 0.2) is 0 Å². The molecule has 0 saturated carbocycles. The van der Waals surface area contributed by atoms with Gasteiger partial charge in [-0.15, -0.1) is 0 Å². The van der Waals surface area contributed by atoms with Crippen LogP contribution in [0.3, 0.4) is 0 Å². The Hall–Kier alpha value is -2.20. The van der Waals surface area contributed by atoms with Gasteiger partial charge in [0, 0.05) is 52.4 Å². The van der Waals surface area contributed by atoms with E-state index in [1.54, 1.807) is 6.92 Å². The number of nitrogens with one attached hydrogen (secondary N) is 2. The molecule has 0 aromatic heterocycles. The van der Waals surface area contributed by atoms with Crippen molar-refractivity contribution in [1.29, 1.82) is 0 Å².